The number of hydrazine groups is 1. The Labute approximate surface area is 127 Å². The van der Waals surface area contributed by atoms with E-state index in [0.717, 1.165) is 6.42 Å². The van der Waals surface area contributed by atoms with Crippen LogP contribution in [0.4, 0.5) is 11.6 Å². The van der Waals surface area contributed by atoms with Crippen molar-refractivity contribution in [1.29, 1.82) is 0 Å². The van der Waals surface area contributed by atoms with Crippen LogP contribution in [0.5, 0.6) is 0 Å². The molecule has 21 heavy (non-hydrogen) atoms. The summed E-state index contributed by atoms with van der Waals surface area (Å²) in [6.45, 7) is 12.6. The van der Waals surface area contributed by atoms with E-state index in [1.54, 1.807) is 6.07 Å². The summed E-state index contributed by atoms with van der Waals surface area (Å²) in [4.78, 5) is 8.87. The first-order valence-corrected chi connectivity index (χ1v) is 7.36. The molecular formula is C15H29N5O. The lowest BCUT2D eigenvalue weighted by Crippen LogP contribution is -2.35. The number of hydrogen-bond acceptors (Lipinski definition) is 6. The predicted molar refractivity (Wildman–Crippen MR) is 87.1 cm³/mol. The maximum atomic E-state index is 10.4. The number of nitrogens with two attached hydrogens (primary N) is 1. The molecule has 6 heteroatoms. The van der Waals surface area contributed by atoms with Crippen LogP contribution in [-0.4, -0.2) is 27.2 Å². The van der Waals surface area contributed by atoms with Gasteiger partial charge < -0.3 is 15.8 Å². The minimum atomic E-state index is -0.780. The largest absolute Gasteiger partial charge is 0.388 e. The Kier molecular flexibility index (Phi) is 5.53. The fourth-order valence-corrected chi connectivity index (χ4v) is 2.18. The number of rotatable bonds is 6. The Hall–Kier alpha value is -1.40. The van der Waals surface area contributed by atoms with Gasteiger partial charge in [-0.05, 0) is 19.3 Å². The number of aliphatic hydroxyl groups is 1. The Morgan fingerprint density at radius 1 is 1.19 bits per heavy atom. The molecule has 1 rings (SSSR count). The Balaban J connectivity index is 2.88. The molecule has 0 radical (unpaired) electrons. The zero-order chi connectivity index (χ0) is 16.3. The topological polar surface area (TPSA) is 96.1 Å². The molecule has 0 amide bonds. The van der Waals surface area contributed by atoms with Gasteiger partial charge in [-0.15, -0.1) is 0 Å². The van der Waals surface area contributed by atoms with Crippen LogP contribution in [0.25, 0.3) is 0 Å². The summed E-state index contributed by atoms with van der Waals surface area (Å²) in [6.07, 6.45) is 0.721. The summed E-state index contributed by atoms with van der Waals surface area (Å²) < 4.78 is 0. The van der Waals surface area contributed by atoms with Crippen molar-refractivity contribution in [1.82, 2.24) is 9.97 Å². The van der Waals surface area contributed by atoms with Crippen LogP contribution in [0, 0.1) is 5.92 Å². The quantitative estimate of drug-likeness (QED) is 0.475. The van der Waals surface area contributed by atoms with Gasteiger partial charge in [-0.1, -0.05) is 34.6 Å². The van der Waals surface area contributed by atoms with Gasteiger partial charge in [0.25, 0.3) is 0 Å². The normalized spacial score (nSPS) is 14.9. The highest BCUT2D eigenvalue weighted by Crippen LogP contribution is 2.23. The van der Waals surface area contributed by atoms with Crippen LogP contribution in [0.15, 0.2) is 6.07 Å². The van der Waals surface area contributed by atoms with E-state index in [9.17, 15) is 5.11 Å². The lowest BCUT2D eigenvalue weighted by atomic mass is 9.94. The molecule has 0 aliphatic carbocycles. The maximum Gasteiger partial charge on any atom is 0.145 e. The number of nitrogens with zero attached hydrogens (tertiary/aromatic N) is 2. The van der Waals surface area contributed by atoms with Crippen molar-refractivity contribution < 1.29 is 5.11 Å². The van der Waals surface area contributed by atoms with Crippen molar-refractivity contribution in [2.24, 2.45) is 11.8 Å². The molecule has 0 fully saturated rings. The molecule has 1 heterocycles. The SMILES string of the molecule is CC(C)CC(C)(O)CNc1cc(NN)nc(C(C)(C)C)n1. The van der Waals surface area contributed by atoms with E-state index in [1.807, 2.05) is 27.7 Å². The van der Waals surface area contributed by atoms with Gasteiger partial charge in [-0.2, -0.15) is 0 Å². The van der Waals surface area contributed by atoms with Crippen LogP contribution in [0.3, 0.4) is 0 Å². The number of anilines is 2. The summed E-state index contributed by atoms with van der Waals surface area (Å²) in [6, 6.07) is 1.74. The van der Waals surface area contributed by atoms with E-state index in [0.29, 0.717) is 29.9 Å². The molecule has 0 aliphatic heterocycles. The number of nitrogen functional groups attached to an aromatic ring is 1. The molecule has 0 bridgehead atoms. The molecule has 1 unspecified atom stereocenters. The third-order valence-corrected chi connectivity index (χ3v) is 3.04. The first-order valence-electron chi connectivity index (χ1n) is 7.36. The van der Waals surface area contributed by atoms with Crippen molar-refractivity contribution in [2.45, 2.75) is 59.0 Å². The van der Waals surface area contributed by atoms with Gasteiger partial charge >= 0.3 is 0 Å². The van der Waals surface area contributed by atoms with Crippen LogP contribution < -0.4 is 16.6 Å². The second-order valence-electron chi connectivity index (χ2n) is 7.30. The van der Waals surface area contributed by atoms with Gasteiger partial charge in [0.05, 0.1) is 5.60 Å². The van der Waals surface area contributed by atoms with Gasteiger partial charge in [0.2, 0.25) is 0 Å². The molecule has 0 saturated heterocycles. The van der Waals surface area contributed by atoms with Gasteiger partial charge in [0, 0.05) is 18.0 Å². The summed E-state index contributed by atoms with van der Waals surface area (Å²) in [7, 11) is 0. The van der Waals surface area contributed by atoms with Crippen LogP contribution in [-0.2, 0) is 5.41 Å². The third-order valence-electron chi connectivity index (χ3n) is 3.04. The molecular weight excluding hydrogens is 266 g/mol. The fraction of sp³-hybridized carbons (Fsp3) is 0.733. The molecule has 1 atom stereocenters. The summed E-state index contributed by atoms with van der Waals surface area (Å²) in [5.74, 6) is 7.80. The van der Waals surface area contributed by atoms with Gasteiger partial charge in [-0.25, -0.2) is 15.8 Å². The Morgan fingerprint density at radius 3 is 2.24 bits per heavy atom. The first kappa shape index (κ1) is 17.7. The van der Waals surface area contributed by atoms with Crippen LogP contribution in [0.2, 0.25) is 0 Å². The summed E-state index contributed by atoms with van der Waals surface area (Å²) in [5, 5.41) is 13.5. The fourth-order valence-electron chi connectivity index (χ4n) is 2.18. The van der Waals surface area contributed by atoms with E-state index in [-0.39, 0.29) is 5.41 Å². The van der Waals surface area contributed by atoms with Crippen molar-refractivity contribution >= 4 is 11.6 Å². The van der Waals surface area contributed by atoms with Gasteiger partial charge in [0.15, 0.2) is 0 Å². The molecule has 120 valence electrons. The average molecular weight is 295 g/mol. The number of hydrogen-bond donors (Lipinski definition) is 4. The molecule has 1 aromatic rings. The smallest absolute Gasteiger partial charge is 0.145 e. The number of nitrogens with one attached hydrogen (secondary N) is 2. The van der Waals surface area contributed by atoms with Crippen molar-refractivity contribution in [3.8, 4) is 0 Å². The molecule has 6 nitrogen and oxygen atoms in total. The van der Waals surface area contributed by atoms with E-state index in [2.05, 4.69) is 34.6 Å². The van der Waals surface area contributed by atoms with Gasteiger partial charge in [0.1, 0.15) is 17.5 Å². The van der Waals surface area contributed by atoms with Crippen LogP contribution >= 0.6 is 0 Å². The highest BCUT2D eigenvalue weighted by atomic mass is 16.3. The predicted octanol–water partition coefficient (Wildman–Crippen LogP) is 2.27. The summed E-state index contributed by atoms with van der Waals surface area (Å²) >= 11 is 0. The van der Waals surface area contributed by atoms with Crippen LogP contribution in [0.1, 0.15) is 53.8 Å². The molecule has 0 saturated carbocycles. The Bertz CT molecular complexity index is 466. The maximum absolute atomic E-state index is 10.4. The summed E-state index contributed by atoms with van der Waals surface area (Å²) in [5.41, 5.74) is 1.60. The van der Waals surface area contributed by atoms with E-state index < -0.39 is 5.60 Å². The van der Waals surface area contributed by atoms with E-state index in [4.69, 9.17) is 5.84 Å². The minimum Gasteiger partial charge on any atom is -0.388 e. The third kappa shape index (κ3) is 5.85. The lowest BCUT2D eigenvalue weighted by Gasteiger charge is -2.26. The van der Waals surface area contributed by atoms with Crippen molar-refractivity contribution in [3.05, 3.63) is 11.9 Å². The standard InChI is InChI=1S/C15H29N5O/c1-10(2)8-15(6,21)9-17-11-7-12(20-16)19-13(18-11)14(3,4)5/h7,10,21H,8-9,16H2,1-6H3,(H2,17,18,19,20). The molecule has 0 aliphatic rings. The average Bonchev–Trinajstić information content (AvgIpc) is 2.33. The number of aromatic nitrogens is 2. The zero-order valence-corrected chi connectivity index (χ0v) is 14.0. The highest BCUT2D eigenvalue weighted by molar-refractivity contribution is 5.47. The second-order valence-corrected chi connectivity index (χ2v) is 7.30. The molecule has 0 spiro atoms. The van der Waals surface area contributed by atoms with E-state index >= 15 is 0 Å². The molecule has 0 aromatic carbocycles. The zero-order valence-electron chi connectivity index (χ0n) is 14.0. The first-order chi connectivity index (χ1) is 9.53. The minimum absolute atomic E-state index is 0.177. The molecule has 5 N–H and O–H groups in total. The Morgan fingerprint density at radius 2 is 1.76 bits per heavy atom. The monoisotopic (exact) mass is 295 g/mol. The molecule has 1 aromatic heterocycles. The lowest BCUT2D eigenvalue weighted by molar-refractivity contribution is 0.0514. The second kappa shape index (κ2) is 6.58. The van der Waals surface area contributed by atoms with Crippen molar-refractivity contribution in [2.75, 3.05) is 17.3 Å². The highest BCUT2D eigenvalue weighted by Gasteiger charge is 2.23. The van der Waals surface area contributed by atoms with Gasteiger partial charge in [-0.3, -0.25) is 0 Å². The van der Waals surface area contributed by atoms with E-state index in [1.165, 1.54) is 0 Å². The van der Waals surface area contributed by atoms with Crippen molar-refractivity contribution in [3.63, 3.8) is 0 Å².